The normalized spacial score (nSPS) is 18.4. The average molecular weight is 272 g/mol. The van der Waals surface area contributed by atoms with E-state index in [9.17, 15) is 0 Å². The Morgan fingerprint density at radius 1 is 1.30 bits per heavy atom. The predicted octanol–water partition coefficient (Wildman–Crippen LogP) is 2.80. The maximum atomic E-state index is 5.75. The van der Waals surface area contributed by atoms with Crippen LogP contribution in [0.1, 0.15) is 24.1 Å². The molecule has 1 atom stereocenters. The first-order valence-electron chi connectivity index (χ1n) is 7.13. The van der Waals surface area contributed by atoms with Crippen molar-refractivity contribution >= 4 is 0 Å². The van der Waals surface area contributed by atoms with E-state index in [1.54, 1.807) is 0 Å². The number of benzene rings is 1. The largest absolute Gasteiger partial charge is 0.491 e. The van der Waals surface area contributed by atoms with E-state index in [0.29, 0.717) is 6.61 Å². The summed E-state index contributed by atoms with van der Waals surface area (Å²) >= 11 is 0. The molecule has 1 fully saturated rings. The Morgan fingerprint density at radius 3 is 2.80 bits per heavy atom. The lowest BCUT2D eigenvalue weighted by Gasteiger charge is -2.11. The van der Waals surface area contributed by atoms with Gasteiger partial charge in [-0.15, -0.1) is 0 Å². The third-order valence-corrected chi connectivity index (χ3v) is 3.50. The minimum Gasteiger partial charge on any atom is -0.491 e. The second kappa shape index (κ2) is 6.09. The lowest BCUT2D eigenvalue weighted by atomic mass is 10.2. The molecule has 4 nitrogen and oxygen atoms in total. The molecule has 0 bridgehead atoms. The summed E-state index contributed by atoms with van der Waals surface area (Å²) in [5.74, 6) is 0.904. The summed E-state index contributed by atoms with van der Waals surface area (Å²) in [5.41, 5.74) is 2.26. The van der Waals surface area contributed by atoms with Gasteiger partial charge in [0.1, 0.15) is 12.4 Å². The minimum atomic E-state index is 0.265. The fourth-order valence-corrected chi connectivity index (χ4v) is 2.39. The number of nitrogens with zero attached hydrogens (tertiary/aromatic N) is 2. The molecule has 3 rings (SSSR count). The molecule has 0 N–H and O–H groups in total. The van der Waals surface area contributed by atoms with Crippen molar-refractivity contribution in [2.24, 2.45) is 0 Å². The van der Waals surface area contributed by atoms with Crippen LogP contribution in [0.3, 0.4) is 0 Å². The summed E-state index contributed by atoms with van der Waals surface area (Å²) in [6, 6.07) is 10.2. The van der Waals surface area contributed by atoms with Crippen molar-refractivity contribution in [3.8, 4) is 5.75 Å². The van der Waals surface area contributed by atoms with Crippen LogP contribution in [0.2, 0.25) is 0 Å². The molecule has 4 heteroatoms. The van der Waals surface area contributed by atoms with E-state index in [4.69, 9.17) is 9.47 Å². The maximum absolute atomic E-state index is 5.75. The van der Waals surface area contributed by atoms with Crippen molar-refractivity contribution in [1.82, 2.24) is 9.78 Å². The highest BCUT2D eigenvalue weighted by Gasteiger charge is 2.15. The monoisotopic (exact) mass is 272 g/mol. The zero-order chi connectivity index (χ0) is 13.8. The number of hydrogen-bond donors (Lipinski definition) is 0. The highest BCUT2D eigenvalue weighted by Crippen LogP contribution is 2.17. The van der Waals surface area contributed by atoms with E-state index >= 15 is 0 Å². The van der Waals surface area contributed by atoms with Crippen molar-refractivity contribution in [3.05, 3.63) is 47.8 Å². The van der Waals surface area contributed by atoms with Crippen LogP contribution < -0.4 is 4.74 Å². The second-order valence-corrected chi connectivity index (χ2v) is 5.24. The summed E-state index contributed by atoms with van der Waals surface area (Å²) in [5, 5.41) is 4.39. The van der Waals surface area contributed by atoms with Crippen LogP contribution in [0.4, 0.5) is 0 Å². The van der Waals surface area contributed by atoms with Gasteiger partial charge < -0.3 is 9.47 Å². The fraction of sp³-hybridized carbons (Fsp3) is 0.438. The maximum Gasteiger partial charge on any atom is 0.119 e. The van der Waals surface area contributed by atoms with Gasteiger partial charge in [-0.2, -0.15) is 5.10 Å². The summed E-state index contributed by atoms with van der Waals surface area (Å²) in [6.07, 6.45) is 4.52. The van der Waals surface area contributed by atoms with Crippen molar-refractivity contribution in [3.63, 3.8) is 0 Å². The van der Waals surface area contributed by atoms with Crippen molar-refractivity contribution < 1.29 is 9.47 Å². The van der Waals surface area contributed by atoms with E-state index in [2.05, 4.69) is 17.2 Å². The molecule has 1 aliphatic heterocycles. The topological polar surface area (TPSA) is 36.3 Å². The number of aryl methyl sites for hydroxylation is 1. The molecule has 2 aromatic rings. The molecular weight excluding hydrogens is 252 g/mol. The molecular formula is C16H20N2O2. The summed E-state index contributed by atoms with van der Waals surface area (Å²) in [4.78, 5) is 0. The molecule has 1 aromatic heterocycles. The Hall–Kier alpha value is -1.81. The number of hydrogen-bond acceptors (Lipinski definition) is 3. The van der Waals surface area contributed by atoms with Crippen molar-refractivity contribution in [2.75, 3.05) is 13.2 Å². The summed E-state index contributed by atoms with van der Waals surface area (Å²) in [7, 11) is 0. The number of rotatable bonds is 5. The van der Waals surface area contributed by atoms with Gasteiger partial charge in [-0.3, -0.25) is 4.68 Å². The number of aromatic nitrogens is 2. The van der Waals surface area contributed by atoms with Crippen LogP contribution in [0.15, 0.2) is 36.5 Å². The molecule has 1 saturated heterocycles. The Balaban J connectivity index is 1.54. The summed E-state index contributed by atoms with van der Waals surface area (Å²) in [6.45, 7) is 4.31. The Morgan fingerprint density at radius 2 is 2.15 bits per heavy atom. The second-order valence-electron chi connectivity index (χ2n) is 5.24. The zero-order valence-corrected chi connectivity index (χ0v) is 11.8. The SMILES string of the molecule is Cc1ccn(Cc2ccc(OCC3CCCO3)cc2)n1. The molecule has 0 saturated carbocycles. The van der Waals surface area contributed by atoms with Crippen LogP contribution in [-0.4, -0.2) is 29.1 Å². The highest BCUT2D eigenvalue weighted by atomic mass is 16.5. The van der Waals surface area contributed by atoms with Gasteiger partial charge in [0.05, 0.1) is 18.3 Å². The van der Waals surface area contributed by atoms with Crippen molar-refractivity contribution in [1.29, 1.82) is 0 Å². The van der Waals surface area contributed by atoms with Gasteiger partial charge in [-0.05, 0) is 43.5 Å². The molecule has 0 radical (unpaired) electrons. The average Bonchev–Trinajstić information content (AvgIpc) is 3.10. The Kier molecular flexibility index (Phi) is 4.02. The fourth-order valence-electron chi connectivity index (χ4n) is 2.39. The third kappa shape index (κ3) is 3.39. The molecule has 2 heterocycles. The van der Waals surface area contributed by atoms with Gasteiger partial charge in [0.25, 0.3) is 0 Å². The lowest BCUT2D eigenvalue weighted by Crippen LogP contribution is -2.16. The first-order chi connectivity index (χ1) is 9.79. The van der Waals surface area contributed by atoms with E-state index in [1.807, 2.05) is 36.0 Å². The van der Waals surface area contributed by atoms with Crippen LogP contribution >= 0.6 is 0 Å². The van der Waals surface area contributed by atoms with Gasteiger partial charge in [-0.25, -0.2) is 0 Å². The number of ether oxygens (including phenoxy) is 2. The van der Waals surface area contributed by atoms with E-state index in [0.717, 1.165) is 37.4 Å². The molecule has 1 aliphatic rings. The van der Waals surface area contributed by atoms with Crippen LogP contribution in [0, 0.1) is 6.92 Å². The van der Waals surface area contributed by atoms with E-state index in [-0.39, 0.29) is 6.10 Å². The Bertz CT molecular complexity index is 542. The van der Waals surface area contributed by atoms with Gasteiger partial charge in [0.2, 0.25) is 0 Å². The van der Waals surface area contributed by atoms with Gasteiger partial charge in [0.15, 0.2) is 0 Å². The minimum absolute atomic E-state index is 0.265. The first-order valence-corrected chi connectivity index (χ1v) is 7.13. The van der Waals surface area contributed by atoms with Gasteiger partial charge in [0, 0.05) is 12.8 Å². The lowest BCUT2D eigenvalue weighted by molar-refractivity contribution is 0.0679. The molecule has 106 valence electrons. The van der Waals surface area contributed by atoms with Crippen LogP contribution in [0.25, 0.3) is 0 Å². The molecule has 1 aromatic carbocycles. The first kappa shape index (κ1) is 13.2. The standard InChI is InChI=1S/C16H20N2O2/c1-13-8-9-18(17-13)11-14-4-6-15(7-5-14)20-12-16-3-2-10-19-16/h4-9,16H,2-3,10-12H2,1H3. The molecule has 0 spiro atoms. The molecule has 0 amide bonds. The quantitative estimate of drug-likeness (QED) is 0.839. The van der Waals surface area contributed by atoms with Gasteiger partial charge >= 0.3 is 0 Å². The smallest absolute Gasteiger partial charge is 0.119 e. The van der Waals surface area contributed by atoms with Crippen LogP contribution in [-0.2, 0) is 11.3 Å². The molecule has 0 aliphatic carbocycles. The van der Waals surface area contributed by atoms with Gasteiger partial charge in [-0.1, -0.05) is 12.1 Å². The Labute approximate surface area is 119 Å². The molecule has 1 unspecified atom stereocenters. The predicted molar refractivity (Wildman–Crippen MR) is 77.0 cm³/mol. The van der Waals surface area contributed by atoms with E-state index < -0.39 is 0 Å². The third-order valence-electron chi connectivity index (χ3n) is 3.50. The van der Waals surface area contributed by atoms with Crippen molar-refractivity contribution in [2.45, 2.75) is 32.4 Å². The van der Waals surface area contributed by atoms with Crippen LogP contribution in [0.5, 0.6) is 5.75 Å². The summed E-state index contributed by atoms with van der Waals surface area (Å²) < 4.78 is 13.2. The van der Waals surface area contributed by atoms with E-state index in [1.165, 1.54) is 5.56 Å². The highest BCUT2D eigenvalue weighted by molar-refractivity contribution is 5.27. The molecule has 20 heavy (non-hydrogen) atoms. The zero-order valence-electron chi connectivity index (χ0n) is 11.8.